The highest BCUT2D eigenvalue weighted by molar-refractivity contribution is 5.82. The molecule has 172 valence electrons. The van der Waals surface area contributed by atoms with E-state index in [0.717, 1.165) is 16.9 Å². The molecule has 1 heterocycles. The summed E-state index contributed by atoms with van der Waals surface area (Å²) in [6.45, 7) is 2.06. The number of rotatable bonds is 9. The van der Waals surface area contributed by atoms with Crippen molar-refractivity contribution in [1.29, 1.82) is 0 Å². The number of phenols is 1. The number of hydrogen-bond donors (Lipinski definition) is 3. The van der Waals surface area contributed by atoms with Gasteiger partial charge in [-0.25, -0.2) is 14.8 Å². The maximum absolute atomic E-state index is 12.1. The Labute approximate surface area is 197 Å². The summed E-state index contributed by atoms with van der Waals surface area (Å²) in [6.07, 6.45) is 1.55. The van der Waals surface area contributed by atoms with Crippen molar-refractivity contribution >= 4 is 11.8 Å². The van der Waals surface area contributed by atoms with E-state index >= 15 is 0 Å². The van der Waals surface area contributed by atoms with Gasteiger partial charge in [-0.3, -0.25) is 0 Å². The predicted octanol–water partition coefficient (Wildman–Crippen LogP) is 4.93. The number of benzene rings is 3. The first kappa shape index (κ1) is 22.8. The summed E-state index contributed by atoms with van der Waals surface area (Å²) in [5, 5.41) is 22.6. The predicted molar refractivity (Wildman–Crippen MR) is 130 cm³/mol. The zero-order valence-corrected chi connectivity index (χ0v) is 18.7. The third-order valence-electron chi connectivity index (χ3n) is 5.41. The minimum atomic E-state index is -1.34. The van der Waals surface area contributed by atoms with Gasteiger partial charge in [-0.05, 0) is 54.4 Å². The van der Waals surface area contributed by atoms with Gasteiger partial charge in [0.05, 0.1) is 5.69 Å². The first-order valence-electron chi connectivity index (χ1n) is 10.8. The SMILES string of the molecule is CC(Cc1cccc(O)c1)(Nc1cc(-c2ccc(OCc3ccccc3)cc2)ncn1)C(=O)O. The van der Waals surface area contributed by atoms with Gasteiger partial charge in [0.1, 0.15) is 35.8 Å². The molecule has 4 aromatic rings. The van der Waals surface area contributed by atoms with Crippen LogP contribution < -0.4 is 10.1 Å². The van der Waals surface area contributed by atoms with E-state index in [0.29, 0.717) is 23.7 Å². The van der Waals surface area contributed by atoms with Crippen LogP contribution in [0.5, 0.6) is 11.5 Å². The minimum Gasteiger partial charge on any atom is -0.508 e. The molecule has 0 bridgehead atoms. The van der Waals surface area contributed by atoms with Gasteiger partial charge in [0.25, 0.3) is 0 Å². The van der Waals surface area contributed by atoms with Crippen molar-refractivity contribution in [2.75, 3.05) is 5.32 Å². The third kappa shape index (κ3) is 5.69. The average Bonchev–Trinajstić information content (AvgIpc) is 2.84. The van der Waals surface area contributed by atoms with Crippen LogP contribution in [0.2, 0.25) is 0 Å². The van der Waals surface area contributed by atoms with Crippen LogP contribution in [0.1, 0.15) is 18.1 Å². The molecule has 0 spiro atoms. The second-order valence-corrected chi connectivity index (χ2v) is 8.20. The fraction of sp³-hybridized carbons (Fsp3) is 0.148. The summed E-state index contributed by atoms with van der Waals surface area (Å²) in [6, 6.07) is 25.7. The van der Waals surface area contributed by atoms with Gasteiger partial charge in [-0.15, -0.1) is 0 Å². The molecule has 0 aliphatic rings. The highest BCUT2D eigenvalue weighted by atomic mass is 16.5. The number of aromatic hydroxyl groups is 1. The van der Waals surface area contributed by atoms with E-state index in [1.165, 1.54) is 6.33 Å². The summed E-state index contributed by atoms with van der Waals surface area (Å²) in [5.74, 6) is 0.186. The Kier molecular flexibility index (Phi) is 6.73. The Morgan fingerprint density at radius 1 is 0.941 bits per heavy atom. The lowest BCUT2D eigenvalue weighted by atomic mass is 9.92. The standard InChI is InChI=1S/C27H25N3O4/c1-27(26(32)33,16-20-8-5-9-22(31)14-20)30-25-15-24(28-18-29-25)21-10-12-23(13-11-21)34-17-19-6-3-2-4-7-19/h2-15,18,31H,16-17H2,1H3,(H,32,33)(H,28,29,30). The zero-order chi connectivity index (χ0) is 24.0. The van der Waals surface area contributed by atoms with Crippen molar-refractivity contribution in [3.63, 3.8) is 0 Å². The highest BCUT2D eigenvalue weighted by Gasteiger charge is 2.34. The largest absolute Gasteiger partial charge is 0.508 e. The Bertz CT molecular complexity index is 1260. The molecule has 1 atom stereocenters. The first-order chi connectivity index (χ1) is 16.4. The number of nitrogens with zero attached hydrogens (tertiary/aromatic N) is 2. The molecule has 7 nitrogen and oxygen atoms in total. The first-order valence-corrected chi connectivity index (χ1v) is 10.8. The molecule has 0 saturated carbocycles. The Balaban J connectivity index is 1.47. The lowest BCUT2D eigenvalue weighted by molar-refractivity contribution is -0.141. The Morgan fingerprint density at radius 2 is 1.68 bits per heavy atom. The van der Waals surface area contributed by atoms with Crippen LogP contribution in [0, 0.1) is 0 Å². The number of hydrogen-bond acceptors (Lipinski definition) is 6. The third-order valence-corrected chi connectivity index (χ3v) is 5.41. The summed E-state index contributed by atoms with van der Waals surface area (Å²) in [5.41, 5.74) is 1.94. The second-order valence-electron chi connectivity index (χ2n) is 8.20. The van der Waals surface area contributed by atoms with Gasteiger partial charge in [-0.2, -0.15) is 0 Å². The maximum atomic E-state index is 12.1. The van der Waals surface area contributed by atoms with Crippen LogP contribution in [0.25, 0.3) is 11.3 Å². The number of aromatic nitrogens is 2. The molecule has 1 aromatic heterocycles. The van der Waals surface area contributed by atoms with Crippen LogP contribution in [-0.4, -0.2) is 31.7 Å². The van der Waals surface area contributed by atoms with E-state index in [-0.39, 0.29) is 12.2 Å². The van der Waals surface area contributed by atoms with Crippen LogP contribution in [-0.2, 0) is 17.8 Å². The molecule has 0 aliphatic carbocycles. The number of ether oxygens (including phenoxy) is 1. The Morgan fingerprint density at radius 3 is 2.38 bits per heavy atom. The fourth-order valence-corrected chi connectivity index (χ4v) is 3.58. The van der Waals surface area contributed by atoms with E-state index in [9.17, 15) is 15.0 Å². The van der Waals surface area contributed by atoms with Gasteiger partial charge in [-0.1, -0.05) is 42.5 Å². The zero-order valence-electron chi connectivity index (χ0n) is 18.7. The molecule has 0 saturated heterocycles. The van der Waals surface area contributed by atoms with Crippen molar-refractivity contribution in [3.05, 3.63) is 102 Å². The topological polar surface area (TPSA) is 105 Å². The van der Waals surface area contributed by atoms with Crippen molar-refractivity contribution in [1.82, 2.24) is 9.97 Å². The average molecular weight is 456 g/mol. The number of anilines is 1. The molecule has 4 rings (SSSR count). The number of carboxylic acid groups (broad SMARTS) is 1. The molecular formula is C27H25N3O4. The van der Waals surface area contributed by atoms with Crippen molar-refractivity contribution < 1.29 is 19.7 Å². The summed E-state index contributed by atoms with van der Waals surface area (Å²) < 4.78 is 5.84. The quantitative estimate of drug-likeness (QED) is 0.329. The van der Waals surface area contributed by atoms with Gasteiger partial charge in [0, 0.05) is 18.1 Å². The molecule has 7 heteroatoms. The number of nitrogens with one attached hydrogen (secondary N) is 1. The van der Waals surface area contributed by atoms with Crippen molar-refractivity contribution in [2.45, 2.75) is 25.5 Å². The highest BCUT2D eigenvalue weighted by Crippen LogP contribution is 2.25. The van der Waals surface area contributed by atoms with Crippen molar-refractivity contribution in [3.8, 4) is 22.8 Å². The normalized spacial score (nSPS) is 12.5. The molecule has 0 radical (unpaired) electrons. The molecule has 3 N–H and O–H groups in total. The van der Waals surface area contributed by atoms with E-state index < -0.39 is 11.5 Å². The number of aliphatic carboxylic acids is 1. The van der Waals surface area contributed by atoms with Crippen LogP contribution >= 0.6 is 0 Å². The lowest BCUT2D eigenvalue weighted by Crippen LogP contribution is -2.45. The summed E-state index contributed by atoms with van der Waals surface area (Å²) in [7, 11) is 0. The van der Waals surface area contributed by atoms with E-state index in [1.54, 1.807) is 37.3 Å². The minimum absolute atomic E-state index is 0.0887. The number of carbonyl (C=O) groups is 1. The number of carboxylic acids is 1. The van der Waals surface area contributed by atoms with Gasteiger partial charge >= 0.3 is 5.97 Å². The fourth-order valence-electron chi connectivity index (χ4n) is 3.58. The molecule has 0 aliphatic heterocycles. The molecule has 0 amide bonds. The molecule has 1 unspecified atom stereocenters. The summed E-state index contributed by atoms with van der Waals surface area (Å²) >= 11 is 0. The molecular weight excluding hydrogens is 430 g/mol. The monoisotopic (exact) mass is 455 g/mol. The summed E-state index contributed by atoms with van der Waals surface area (Å²) in [4.78, 5) is 20.6. The van der Waals surface area contributed by atoms with Gasteiger partial charge < -0.3 is 20.3 Å². The van der Waals surface area contributed by atoms with Crippen molar-refractivity contribution in [2.24, 2.45) is 0 Å². The maximum Gasteiger partial charge on any atom is 0.329 e. The number of phenolic OH excluding ortho intramolecular Hbond substituents is 1. The van der Waals surface area contributed by atoms with Crippen LogP contribution in [0.4, 0.5) is 5.82 Å². The molecule has 0 fully saturated rings. The van der Waals surface area contributed by atoms with E-state index in [2.05, 4.69) is 15.3 Å². The second kappa shape index (κ2) is 10.0. The molecule has 34 heavy (non-hydrogen) atoms. The van der Waals surface area contributed by atoms with Crippen LogP contribution in [0.3, 0.4) is 0 Å². The van der Waals surface area contributed by atoms with E-state index in [4.69, 9.17) is 4.74 Å². The van der Waals surface area contributed by atoms with Crippen LogP contribution in [0.15, 0.2) is 91.3 Å². The Hall–Kier alpha value is -4.39. The van der Waals surface area contributed by atoms with E-state index in [1.807, 2.05) is 54.6 Å². The smallest absolute Gasteiger partial charge is 0.329 e. The van der Waals surface area contributed by atoms with Gasteiger partial charge in [0.15, 0.2) is 0 Å². The van der Waals surface area contributed by atoms with Gasteiger partial charge in [0.2, 0.25) is 0 Å². The lowest BCUT2D eigenvalue weighted by Gasteiger charge is -2.27. The molecule has 3 aromatic carbocycles.